The summed E-state index contributed by atoms with van der Waals surface area (Å²) in [7, 11) is 0. The number of rotatable bonds is 6. The lowest BCUT2D eigenvalue weighted by Crippen LogP contribution is -2.12. The molecule has 2 aliphatic rings. The zero-order valence-electron chi connectivity index (χ0n) is 15.9. The van der Waals surface area contributed by atoms with Gasteiger partial charge in [0.05, 0.1) is 23.4 Å². The molecule has 0 saturated heterocycles. The van der Waals surface area contributed by atoms with Gasteiger partial charge in [-0.15, -0.1) is 0 Å². The number of benzene rings is 1. The molecule has 0 spiro atoms. The van der Waals surface area contributed by atoms with Gasteiger partial charge in [-0.05, 0) is 37.8 Å². The van der Waals surface area contributed by atoms with E-state index >= 15 is 0 Å². The van der Waals surface area contributed by atoms with Crippen LogP contribution in [0.2, 0.25) is 0 Å². The van der Waals surface area contributed by atoms with Crippen molar-refractivity contribution in [3.63, 3.8) is 0 Å². The fourth-order valence-electron chi connectivity index (χ4n) is 3.66. The third-order valence-corrected chi connectivity index (χ3v) is 6.02. The molecule has 6 heteroatoms. The number of aromatic carboxylic acids is 1. The highest BCUT2D eigenvalue weighted by atomic mass is 16.5. The Balaban J connectivity index is 1.71. The fraction of sp³-hybridized carbons (Fsp3) is 0.409. The van der Waals surface area contributed by atoms with Gasteiger partial charge in [-0.25, -0.2) is 14.5 Å². The lowest BCUT2D eigenvalue weighted by atomic mass is 9.82. The van der Waals surface area contributed by atoms with E-state index in [4.69, 9.17) is 9.84 Å². The van der Waals surface area contributed by atoms with E-state index in [0.717, 1.165) is 42.5 Å². The van der Waals surface area contributed by atoms with Crippen LogP contribution in [0.25, 0.3) is 16.7 Å². The van der Waals surface area contributed by atoms with Crippen molar-refractivity contribution < 1.29 is 14.6 Å². The van der Waals surface area contributed by atoms with Crippen LogP contribution < -0.4 is 4.74 Å². The van der Waals surface area contributed by atoms with Crippen molar-refractivity contribution in [1.29, 1.82) is 0 Å². The van der Waals surface area contributed by atoms with Gasteiger partial charge in [-0.1, -0.05) is 31.5 Å². The number of aromatic nitrogens is 3. The molecule has 1 aromatic carbocycles. The monoisotopic (exact) mass is 377 g/mol. The van der Waals surface area contributed by atoms with Gasteiger partial charge in [0.25, 0.3) is 0 Å². The molecule has 0 bridgehead atoms. The molecule has 2 heterocycles. The van der Waals surface area contributed by atoms with E-state index in [1.54, 1.807) is 10.7 Å². The van der Waals surface area contributed by atoms with Gasteiger partial charge in [0.2, 0.25) is 0 Å². The van der Waals surface area contributed by atoms with E-state index in [1.807, 2.05) is 30.3 Å². The summed E-state index contributed by atoms with van der Waals surface area (Å²) in [4.78, 5) is 16.2. The molecule has 5 rings (SSSR count). The van der Waals surface area contributed by atoms with Crippen molar-refractivity contribution in [2.24, 2.45) is 5.41 Å². The summed E-state index contributed by atoms with van der Waals surface area (Å²) in [6.45, 7) is 2.79. The molecule has 3 aromatic rings. The number of ether oxygens (including phenoxy) is 1. The van der Waals surface area contributed by atoms with Crippen LogP contribution >= 0.6 is 0 Å². The van der Waals surface area contributed by atoms with Gasteiger partial charge in [0, 0.05) is 17.4 Å². The third kappa shape index (κ3) is 2.93. The van der Waals surface area contributed by atoms with Crippen molar-refractivity contribution in [2.75, 3.05) is 6.61 Å². The topological polar surface area (TPSA) is 77.2 Å². The van der Waals surface area contributed by atoms with E-state index in [1.165, 1.54) is 6.42 Å². The van der Waals surface area contributed by atoms with Gasteiger partial charge in [0.1, 0.15) is 5.75 Å². The molecule has 2 aromatic heterocycles. The highest BCUT2D eigenvalue weighted by Crippen LogP contribution is 2.46. The molecule has 2 saturated carbocycles. The van der Waals surface area contributed by atoms with Crippen molar-refractivity contribution in [1.82, 2.24) is 14.8 Å². The summed E-state index contributed by atoms with van der Waals surface area (Å²) in [5, 5.41) is 15.3. The number of fused-ring (bicyclic) bond motifs is 1. The average molecular weight is 377 g/mol. The number of carboxylic acid groups (broad SMARTS) is 1. The van der Waals surface area contributed by atoms with Crippen LogP contribution in [0.5, 0.6) is 5.75 Å². The van der Waals surface area contributed by atoms with Crippen molar-refractivity contribution in [2.45, 2.75) is 44.9 Å². The second-order valence-electron chi connectivity index (χ2n) is 8.37. The van der Waals surface area contributed by atoms with Crippen LogP contribution in [-0.2, 0) is 0 Å². The summed E-state index contributed by atoms with van der Waals surface area (Å²) in [6.07, 6.45) is 5.67. The number of carboxylic acids is 1. The van der Waals surface area contributed by atoms with Crippen LogP contribution in [0.3, 0.4) is 0 Å². The molecule has 0 aliphatic heterocycles. The fourth-order valence-corrected chi connectivity index (χ4v) is 3.66. The lowest BCUT2D eigenvalue weighted by Gasteiger charge is -2.24. The van der Waals surface area contributed by atoms with E-state index in [9.17, 15) is 9.90 Å². The maximum Gasteiger partial charge on any atom is 0.354 e. The Bertz CT molecular complexity index is 1050. The van der Waals surface area contributed by atoms with Gasteiger partial charge >= 0.3 is 5.97 Å². The zero-order valence-corrected chi connectivity index (χ0v) is 15.9. The van der Waals surface area contributed by atoms with Crippen LogP contribution in [0, 0.1) is 5.41 Å². The number of carbonyl (C=O) groups is 1. The smallest absolute Gasteiger partial charge is 0.354 e. The van der Waals surface area contributed by atoms with E-state index in [2.05, 4.69) is 11.9 Å². The summed E-state index contributed by atoms with van der Waals surface area (Å²) in [5.41, 5.74) is 2.59. The standard InChI is InChI=1S/C22H23N3O3/c1-22(10-11-22)13-28-17-12-16(21(26)27)23-20-18(17)19(14-6-5-7-14)24-25(20)15-8-3-2-4-9-15/h2-4,8-9,12,14H,5-7,10-11,13H2,1H3,(H,26,27). The number of para-hydroxylation sites is 1. The first-order valence-electron chi connectivity index (χ1n) is 9.89. The Morgan fingerprint density at radius 2 is 2.04 bits per heavy atom. The SMILES string of the molecule is CC1(COc2cc(C(=O)O)nc3c2c(C2CCC2)nn3-c2ccccc2)CC1. The highest BCUT2D eigenvalue weighted by Gasteiger charge is 2.38. The minimum absolute atomic E-state index is 0.0132. The van der Waals surface area contributed by atoms with E-state index in [-0.39, 0.29) is 11.1 Å². The summed E-state index contributed by atoms with van der Waals surface area (Å²) < 4.78 is 7.95. The number of hydrogen-bond donors (Lipinski definition) is 1. The van der Waals surface area contributed by atoms with E-state index in [0.29, 0.717) is 23.9 Å². The predicted molar refractivity (Wildman–Crippen MR) is 105 cm³/mol. The van der Waals surface area contributed by atoms with Crippen LogP contribution in [0.15, 0.2) is 36.4 Å². The quantitative estimate of drug-likeness (QED) is 0.681. The first kappa shape index (κ1) is 17.2. The Labute approximate surface area is 163 Å². The molecule has 0 atom stereocenters. The summed E-state index contributed by atoms with van der Waals surface area (Å²) in [5.74, 6) is -0.0844. The molecule has 28 heavy (non-hydrogen) atoms. The van der Waals surface area contributed by atoms with Crippen molar-refractivity contribution in [3.8, 4) is 11.4 Å². The summed E-state index contributed by atoms with van der Waals surface area (Å²) in [6, 6.07) is 11.3. The lowest BCUT2D eigenvalue weighted by molar-refractivity contribution is 0.0690. The normalized spacial score (nSPS) is 18.0. The number of hydrogen-bond acceptors (Lipinski definition) is 4. The maximum atomic E-state index is 11.7. The van der Waals surface area contributed by atoms with Crippen molar-refractivity contribution in [3.05, 3.63) is 47.8 Å². The van der Waals surface area contributed by atoms with Crippen LogP contribution in [-0.4, -0.2) is 32.4 Å². The molecule has 0 radical (unpaired) electrons. The zero-order chi connectivity index (χ0) is 19.3. The molecule has 1 N–H and O–H groups in total. The Morgan fingerprint density at radius 3 is 2.64 bits per heavy atom. The molecular weight excluding hydrogens is 354 g/mol. The van der Waals surface area contributed by atoms with Crippen molar-refractivity contribution >= 4 is 17.0 Å². The second kappa shape index (κ2) is 6.33. The first-order chi connectivity index (χ1) is 13.5. The molecule has 144 valence electrons. The third-order valence-electron chi connectivity index (χ3n) is 6.02. The predicted octanol–water partition coefficient (Wildman–Crippen LogP) is 4.57. The van der Waals surface area contributed by atoms with Gasteiger partial charge in [0.15, 0.2) is 11.3 Å². The number of pyridine rings is 1. The minimum atomic E-state index is -1.06. The van der Waals surface area contributed by atoms with E-state index < -0.39 is 5.97 Å². The van der Waals surface area contributed by atoms with Gasteiger partial charge < -0.3 is 9.84 Å². The van der Waals surface area contributed by atoms with Crippen LogP contribution in [0.4, 0.5) is 0 Å². The molecule has 6 nitrogen and oxygen atoms in total. The Morgan fingerprint density at radius 1 is 1.29 bits per heavy atom. The Hall–Kier alpha value is -2.89. The second-order valence-corrected chi connectivity index (χ2v) is 8.37. The molecule has 0 amide bonds. The highest BCUT2D eigenvalue weighted by molar-refractivity contribution is 5.94. The molecule has 2 aliphatic carbocycles. The first-order valence-corrected chi connectivity index (χ1v) is 9.89. The largest absolute Gasteiger partial charge is 0.492 e. The van der Waals surface area contributed by atoms with Gasteiger partial charge in [-0.3, -0.25) is 0 Å². The molecule has 0 unspecified atom stereocenters. The maximum absolute atomic E-state index is 11.7. The molecular formula is C22H23N3O3. The summed E-state index contributed by atoms with van der Waals surface area (Å²) >= 11 is 0. The Kier molecular flexibility index (Phi) is 3.89. The van der Waals surface area contributed by atoms with Crippen LogP contribution in [0.1, 0.15) is 61.1 Å². The average Bonchev–Trinajstić information content (AvgIpc) is 3.28. The molecule has 2 fully saturated rings. The minimum Gasteiger partial charge on any atom is -0.492 e. The van der Waals surface area contributed by atoms with Gasteiger partial charge in [-0.2, -0.15) is 5.10 Å². The number of nitrogens with zero attached hydrogens (tertiary/aromatic N) is 3.